The highest BCUT2D eigenvalue weighted by atomic mass is 16.5. The summed E-state index contributed by atoms with van der Waals surface area (Å²) >= 11 is 0. The zero-order valence-electron chi connectivity index (χ0n) is 12.9. The SMILES string of the molecule is C#CC[C@@H]1C=CC=C(C2=NC(C)(C)CO2)[C@H]1CCCC. The predicted octanol–water partition coefficient (Wildman–Crippen LogP) is 4.14. The molecule has 2 heteroatoms. The van der Waals surface area contributed by atoms with Crippen LogP contribution in [0.2, 0.25) is 0 Å². The van der Waals surface area contributed by atoms with E-state index in [2.05, 4.69) is 44.9 Å². The summed E-state index contributed by atoms with van der Waals surface area (Å²) in [7, 11) is 0. The molecule has 1 heterocycles. The fourth-order valence-corrected chi connectivity index (χ4v) is 2.89. The van der Waals surface area contributed by atoms with Crippen molar-refractivity contribution in [1.29, 1.82) is 0 Å². The van der Waals surface area contributed by atoms with Crippen LogP contribution in [0.5, 0.6) is 0 Å². The van der Waals surface area contributed by atoms with Crippen LogP contribution in [0.1, 0.15) is 46.5 Å². The largest absolute Gasteiger partial charge is 0.475 e. The molecule has 1 aliphatic heterocycles. The number of nitrogens with zero attached hydrogens (tertiary/aromatic N) is 1. The molecule has 0 aromatic rings. The van der Waals surface area contributed by atoms with Gasteiger partial charge in [-0.1, -0.05) is 38.0 Å². The van der Waals surface area contributed by atoms with Crippen molar-refractivity contribution < 1.29 is 4.74 Å². The Labute approximate surface area is 123 Å². The Hall–Kier alpha value is -1.49. The summed E-state index contributed by atoms with van der Waals surface area (Å²) in [5.41, 5.74) is 1.14. The minimum absolute atomic E-state index is 0.103. The van der Waals surface area contributed by atoms with E-state index in [9.17, 15) is 0 Å². The normalized spacial score (nSPS) is 27.5. The molecule has 0 fully saturated rings. The summed E-state index contributed by atoms with van der Waals surface area (Å²) in [6.07, 6.45) is 16.4. The third-order valence-electron chi connectivity index (χ3n) is 3.99. The number of unbranched alkanes of at least 4 members (excludes halogenated alkanes) is 1. The van der Waals surface area contributed by atoms with Gasteiger partial charge >= 0.3 is 0 Å². The topological polar surface area (TPSA) is 21.6 Å². The molecule has 0 aromatic carbocycles. The lowest BCUT2D eigenvalue weighted by Crippen LogP contribution is -2.23. The number of rotatable bonds is 5. The van der Waals surface area contributed by atoms with Crippen LogP contribution < -0.4 is 0 Å². The lowest BCUT2D eigenvalue weighted by atomic mass is 9.77. The van der Waals surface area contributed by atoms with Crippen LogP contribution in [0.25, 0.3) is 0 Å². The third kappa shape index (κ3) is 3.33. The molecule has 0 radical (unpaired) electrons. The van der Waals surface area contributed by atoms with Gasteiger partial charge in [-0.05, 0) is 32.1 Å². The fraction of sp³-hybridized carbons (Fsp3) is 0.611. The van der Waals surface area contributed by atoms with Crippen molar-refractivity contribution in [3.8, 4) is 12.3 Å². The first-order valence-electron chi connectivity index (χ1n) is 7.62. The van der Waals surface area contributed by atoms with Gasteiger partial charge < -0.3 is 4.74 Å². The number of hydrogen-bond donors (Lipinski definition) is 0. The first-order valence-corrected chi connectivity index (χ1v) is 7.62. The van der Waals surface area contributed by atoms with E-state index in [-0.39, 0.29) is 5.54 Å². The van der Waals surface area contributed by atoms with Crippen LogP contribution in [-0.2, 0) is 4.74 Å². The summed E-state index contributed by atoms with van der Waals surface area (Å²) in [4.78, 5) is 4.74. The van der Waals surface area contributed by atoms with Gasteiger partial charge in [-0.15, -0.1) is 12.3 Å². The molecule has 0 unspecified atom stereocenters. The zero-order valence-corrected chi connectivity index (χ0v) is 12.9. The molecule has 0 aromatic heterocycles. The van der Waals surface area contributed by atoms with Crippen LogP contribution >= 0.6 is 0 Å². The van der Waals surface area contributed by atoms with Crippen LogP contribution in [0.15, 0.2) is 28.8 Å². The lowest BCUT2D eigenvalue weighted by Gasteiger charge is -2.28. The lowest BCUT2D eigenvalue weighted by molar-refractivity contribution is 0.274. The molecule has 20 heavy (non-hydrogen) atoms. The molecule has 2 nitrogen and oxygen atoms in total. The minimum Gasteiger partial charge on any atom is -0.475 e. The van der Waals surface area contributed by atoms with Crippen molar-refractivity contribution in [2.45, 2.75) is 52.0 Å². The van der Waals surface area contributed by atoms with Gasteiger partial charge in [0, 0.05) is 12.0 Å². The van der Waals surface area contributed by atoms with Crippen molar-refractivity contribution in [2.75, 3.05) is 6.61 Å². The van der Waals surface area contributed by atoms with E-state index in [4.69, 9.17) is 16.2 Å². The minimum atomic E-state index is -0.103. The molecule has 2 rings (SSSR count). The zero-order chi connectivity index (χ0) is 14.6. The maximum Gasteiger partial charge on any atom is 0.212 e. The highest BCUT2D eigenvalue weighted by molar-refractivity contribution is 5.96. The molecule has 1 aliphatic carbocycles. The molecule has 0 amide bonds. The molecule has 2 atom stereocenters. The summed E-state index contributed by atoms with van der Waals surface area (Å²) in [6.45, 7) is 7.12. The van der Waals surface area contributed by atoms with Crippen molar-refractivity contribution in [1.82, 2.24) is 0 Å². The Morgan fingerprint density at radius 3 is 2.90 bits per heavy atom. The maximum absolute atomic E-state index is 5.84. The Morgan fingerprint density at radius 1 is 1.50 bits per heavy atom. The molecule has 0 N–H and O–H groups in total. The Balaban J connectivity index is 2.22. The van der Waals surface area contributed by atoms with Gasteiger partial charge in [0.05, 0.1) is 5.54 Å². The number of aliphatic imine (C=N–C) groups is 1. The quantitative estimate of drug-likeness (QED) is 0.689. The summed E-state index contributed by atoms with van der Waals surface area (Å²) in [5, 5.41) is 0. The average Bonchev–Trinajstić information content (AvgIpc) is 2.77. The molecule has 0 saturated heterocycles. The number of ether oxygens (including phenoxy) is 1. The van der Waals surface area contributed by atoms with Gasteiger partial charge in [0.1, 0.15) is 6.61 Å². The molecule has 0 spiro atoms. The molecular weight excluding hydrogens is 246 g/mol. The maximum atomic E-state index is 5.84. The first-order chi connectivity index (χ1) is 9.57. The van der Waals surface area contributed by atoms with Crippen LogP contribution in [0.3, 0.4) is 0 Å². The van der Waals surface area contributed by atoms with Gasteiger partial charge in [0.15, 0.2) is 0 Å². The van der Waals surface area contributed by atoms with Gasteiger partial charge in [-0.25, -0.2) is 4.99 Å². The smallest absolute Gasteiger partial charge is 0.212 e. The van der Waals surface area contributed by atoms with Crippen molar-refractivity contribution in [3.63, 3.8) is 0 Å². The van der Waals surface area contributed by atoms with Crippen molar-refractivity contribution in [2.24, 2.45) is 16.8 Å². The molecule has 2 aliphatic rings. The Bertz CT molecular complexity index is 476. The van der Waals surface area contributed by atoms with E-state index in [1.165, 1.54) is 18.4 Å². The van der Waals surface area contributed by atoms with E-state index in [0.29, 0.717) is 18.4 Å². The number of hydrogen-bond acceptors (Lipinski definition) is 2. The monoisotopic (exact) mass is 271 g/mol. The van der Waals surface area contributed by atoms with E-state index >= 15 is 0 Å². The van der Waals surface area contributed by atoms with E-state index in [1.54, 1.807) is 0 Å². The van der Waals surface area contributed by atoms with Crippen LogP contribution in [-0.4, -0.2) is 18.0 Å². The molecule has 0 saturated carbocycles. The second-order valence-electron chi connectivity index (χ2n) is 6.35. The Morgan fingerprint density at radius 2 is 2.30 bits per heavy atom. The predicted molar refractivity (Wildman–Crippen MR) is 84.6 cm³/mol. The van der Waals surface area contributed by atoms with E-state index < -0.39 is 0 Å². The number of terminal acetylenes is 1. The van der Waals surface area contributed by atoms with Gasteiger partial charge in [-0.2, -0.15) is 0 Å². The fourth-order valence-electron chi connectivity index (χ4n) is 2.89. The third-order valence-corrected chi connectivity index (χ3v) is 3.99. The first kappa shape index (κ1) is 14.9. The summed E-state index contributed by atoms with van der Waals surface area (Å²) < 4.78 is 5.84. The van der Waals surface area contributed by atoms with E-state index in [1.807, 2.05) is 0 Å². The second kappa shape index (κ2) is 6.31. The number of allylic oxidation sites excluding steroid dienone is 3. The van der Waals surface area contributed by atoms with Gasteiger partial charge in [0.2, 0.25) is 5.90 Å². The van der Waals surface area contributed by atoms with Gasteiger partial charge in [0.25, 0.3) is 0 Å². The summed E-state index contributed by atoms with van der Waals surface area (Å²) in [5.74, 6) is 4.51. The molecular formula is C18H25NO. The highest BCUT2D eigenvalue weighted by Gasteiger charge is 2.33. The van der Waals surface area contributed by atoms with Crippen LogP contribution in [0.4, 0.5) is 0 Å². The molecule has 0 bridgehead atoms. The highest BCUT2D eigenvalue weighted by Crippen LogP contribution is 2.36. The van der Waals surface area contributed by atoms with Crippen LogP contribution in [0, 0.1) is 24.2 Å². The van der Waals surface area contributed by atoms with Crippen molar-refractivity contribution >= 4 is 5.90 Å². The Kier molecular flexibility index (Phi) is 4.70. The molecule has 108 valence electrons. The van der Waals surface area contributed by atoms with E-state index in [0.717, 1.165) is 18.7 Å². The van der Waals surface area contributed by atoms with Crippen molar-refractivity contribution in [3.05, 3.63) is 23.8 Å². The standard InChI is InChI=1S/C18H25NO/c1-5-7-11-15-14(9-6-2)10-8-12-16(15)17-19-18(3,4)13-20-17/h2,8,10,12,14-15H,5,7,9,11,13H2,1,3-4H3/t14-,15+/m1/s1. The average molecular weight is 271 g/mol. The van der Waals surface area contributed by atoms with Gasteiger partial charge in [-0.3, -0.25) is 0 Å². The summed E-state index contributed by atoms with van der Waals surface area (Å²) in [6, 6.07) is 0. The second-order valence-corrected chi connectivity index (χ2v) is 6.35.